The number of rotatable bonds is 2. The molecule has 0 spiro atoms. The summed E-state index contributed by atoms with van der Waals surface area (Å²) in [6.45, 7) is 1.95. The first-order chi connectivity index (χ1) is 6.68. The van der Waals surface area contributed by atoms with Crippen molar-refractivity contribution in [3.63, 3.8) is 0 Å². The minimum absolute atomic E-state index is 0.104. The van der Waals surface area contributed by atoms with Crippen molar-refractivity contribution in [2.24, 2.45) is 0 Å². The van der Waals surface area contributed by atoms with Crippen LogP contribution in [-0.2, 0) is 0 Å². The fraction of sp³-hybridized carbons (Fsp3) is 0.111. The van der Waals surface area contributed by atoms with Gasteiger partial charge in [-0.1, -0.05) is 5.16 Å². The van der Waals surface area contributed by atoms with Gasteiger partial charge in [-0.2, -0.15) is 0 Å². The molecule has 72 valence electrons. The molecule has 0 radical (unpaired) electrons. The number of carboxylic acids is 1. The molecule has 0 aromatic carbocycles. The van der Waals surface area contributed by atoms with Gasteiger partial charge in [0.05, 0.1) is 11.1 Å². The smallest absolute Gasteiger partial charge is 0.341 e. The van der Waals surface area contributed by atoms with Crippen LogP contribution < -0.4 is 0 Å². The van der Waals surface area contributed by atoms with Gasteiger partial charge >= 0.3 is 5.97 Å². The van der Waals surface area contributed by atoms with Gasteiger partial charge in [-0.25, -0.2) is 4.79 Å². The maximum atomic E-state index is 10.8. The first-order valence-electron chi connectivity index (χ1n) is 3.93. The highest BCUT2D eigenvalue weighted by atomic mass is 32.1. The van der Waals surface area contributed by atoms with Gasteiger partial charge < -0.3 is 9.63 Å². The largest absolute Gasteiger partial charge is 0.477 e. The van der Waals surface area contributed by atoms with Crippen molar-refractivity contribution >= 4 is 17.3 Å². The summed E-state index contributed by atoms with van der Waals surface area (Å²) in [4.78, 5) is 12.7. The summed E-state index contributed by atoms with van der Waals surface area (Å²) < 4.78 is 4.90. The number of thiophene rings is 1. The van der Waals surface area contributed by atoms with E-state index in [-0.39, 0.29) is 5.56 Å². The normalized spacial score (nSPS) is 10.4. The number of hydrogen-bond donors (Lipinski definition) is 1. The van der Waals surface area contributed by atoms with Crippen LogP contribution in [0.4, 0.5) is 0 Å². The third kappa shape index (κ3) is 1.42. The molecule has 0 atom stereocenters. The Balaban J connectivity index is 2.51. The summed E-state index contributed by atoms with van der Waals surface area (Å²) >= 11 is 1.48. The van der Waals surface area contributed by atoms with Gasteiger partial charge in [-0.05, 0) is 19.1 Å². The summed E-state index contributed by atoms with van der Waals surface area (Å²) in [5, 5.41) is 12.3. The topological polar surface area (TPSA) is 63.3 Å². The van der Waals surface area contributed by atoms with Crippen LogP contribution in [0.2, 0.25) is 0 Å². The Morgan fingerprint density at radius 3 is 2.93 bits per heavy atom. The maximum Gasteiger partial charge on any atom is 0.341 e. The van der Waals surface area contributed by atoms with Crippen LogP contribution in [0, 0.1) is 6.92 Å². The van der Waals surface area contributed by atoms with Crippen LogP contribution in [0.5, 0.6) is 0 Å². The predicted octanol–water partition coefficient (Wildman–Crippen LogP) is 2.41. The van der Waals surface area contributed by atoms with E-state index in [1.54, 1.807) is 0 Å². The second-order valence-electron chi connectivity index (χ2n) is 2.78. The van der Waals surface area contributed by atoms with E-state index in [0.717, 1.165) is 9.75 Å². The highest BCUT2D eigenvalue weighted by molar-refractivity contribution is 7.15. The molecule has 0 saturated heterocycles. The summed E-state index contributed by atoms with van der Waals surface area (Å²) in [6, 6.07) is 3.74. The molecule has 2 aromatic heterocycles. The molecule has 2 heterocycles. The number of aromatic nitrogens is 1. The number of carbonyl (C=O) groups is 1. The quantitative estimate of drug-likeness (QED) is 0.824. The van der Waals surface area contributed by atoms with Crippen LogP contribution in [0.25, 0.3) is 10.6 Å². The lowest BCUT2D eigenvalue weighted by molar-refractivity contribution is 0.0697. The molecule has 2 rings (SSSR count). The Labute approximate surface area is 83.8 Å². The van der Waals surface area contributed by atoms with Crippen molar-refractivity contribution in [1.29, 1.82) is 0 Å². The lowest BCUT2D eigenvalue weighted by Crippen LogP contribution is -1.94. The minimum Gasteiger partial charge on any atom is -0.477 e. The van der Waals surface area contributed by atoms with E-state index in [1.165, 1.54) is 17.5 Å². The van der Waals surface area contributed by atoms with Crippen molar-refractivity contribution in [2.45, 2.75) is 6.92 Å². The first-order valence-corrected chi connectivity index (χ1v) is 4.75. The van der Waals surface area contributed by atoms with Gasteiger partial charge in [-0.3, -0.25) is 0 Å². The van der Waals surface area contributed by atoms with Crippen LogP contribution >= 0.6 is 11.3 Å². The Morgan fingerprint density at radius 2 is 2.36 bits per heavy atom. The second kappa shape index (κ2) is 3.26. The van der Waals surface area contributed by atoms with E-state index in [0.29, 0.717) is 5.76 Å². The molecule has 0 fully saturated rings. The second-order valence-corrected chi connectivity index (χ2v) is 4.07. The van der Waals surface area contributed by atoms with E-state index in [4.69, 9.17) is 9.63 Å². The Morgan fingerprint density at radius 1 is 1.57 bits per heavy atom. The molecule has 0 unspecified atom stereocenters. The highest BCUT2D eigenvalue weighted by Crippen LogP contribution is 2.30. The van der Waals surface area contributed by atoms with Gasteiger partial charge in [0, 0.05) is 4.88 Å². The van der Waals surface area contributed by atoms with Crippen molar-refractivity contribution in [3.05, 3.63) is 28.8 Å². The minimum atomic E-state index is -1.02. The van der Waals surface area contributed by atoms with E-state index in [9.17, 15) is 4.79 Å². The lowest BCUT2D eigenvalue weighted by Gasteiger charge is -1.91. The standard InChI is InChI=1S/C9H7NO3S/c1-5-2-3-7(14-5)8-6(9(11)12)4-10-13-8/h2-4H,1H3,(H,11,12). The number of aryl methyl sites for hydroxylation is 1. The summed E-state index contributed by atoms with van der Waals surface area (Å²) in [5.74, 6) is -0.692. The average molecular weight is 209 g/mol. The molecule has 0 amide bonds. The van der Waals surface area contributed by atoms with Crippen molar-refractivity contribution in [3.8, 4) is 10.6 Å². The molecule has 0 aliphatic carbocycles. The molecular weight excluding hydrogens is 202 g/mol. The van der Waals surface area contributed by atoms with Crippen LogP contribution in [-0.4, -0.2) is 16.2 Å². The number of carboxylic acid groups (broad SMARTS) is 1. The van der Waals surface area contributed by atoms with Gasteiger partial charge in [0.2, 0.25) is 0 Å². The summed E-state index contributed by atoms with van der Waals surface area (Å²) in [6.07, 6.45) is 1.21. The monoisotopic (exact) mass is 209 g/mol. The number of hydrogen-bond acceptors (Lipinski definition) is 4. The van der Waals surface area contributed by atoms with Crippen LogP contribution in [0.15, 0.2) is 22.9 Å². The van der Waals surface area contributed by atoms with E-state index in [2.05, 4.69) is 5.16 Å². The predicted molar refractivity (Wildman–Crippen MR) is 51.5 cm³/mol. The van der Waals surface area contributed by atoms with Crippen LogP contribution in [0.1, 0.15) is 15.2 Å². The number of nitrogens with zero attached hydrogens (tertiary/aromatic N) is 1. The first kappa shape index (κ1) is 8.96. The van der Waals surface area contributed by atoms with Gasteiger partial charge in [0.1, 0.15) is 5.56 Å². The van der Waals surface area contributed by atoms with E-state index in [1.807, 2.05) is 19.1 Å². The molecule has 0 aliphatic heterocycles. The molecule has 0 saturated carbocycles. The molecule has 1 N–H and O–H groups in total. The lowest BCUT2D eigenvalue weighted by atomic mass is 10.2. The Hall–Kier alpha value is -1.62. The van der Waals surface area contributed by atoms with Crippen molar-refractivity contribution < 1.29 is 14.4 Å². The SMILES string of the molecule is Cc1ccc(-c2oncc2C(=O)O)s1. The van der Waals surface area contributed by atoms with Gasteiger partial charge in [-0.15, -0.1) is 11.3 Å². The van der Waals surface area contributed by atoms with E-state index < -0.39 is 5.97 Å². The van der Waals surface area contributed by atoms with Gasteiger partial charge in [0.25, 0.3) is 0 Å². The zero-order valence-electron chi connectivity index (χ0n) is 7.35. The van der Waals surface area contributed by atoms with Crippen molar-refractivity contribution in [2.75, 3.05) is 0 Å². The summed E-state index contributed by atoms with van der Waals surface area (Å²) in [5.41, 5.74) is 0.104. The maximum absolute atomic E-state index is 10.8. The zero-order valence-corrected chi connectivity index (χ0v) is 8.17. The fourth-order valence-corrected chi connectivity index (χ4v) is 1.99. The Bertz CT molecular complexity index is 472. The molecule has 2 aromatic rings. The molecule has 4 nitrogen and oxygen atoms in total. The summed E-state index contributed by atoms with van der Waals surface area (Å²) in [7, 11) is 0. The highest BCUT2D eigenvalue weighted by Gasteiger charge is 2.17. The van der Waals surface area contributed by atoms with Gasteiger partial charge in [0.15, 0.2) is 5.76 Å². The molecule has 14 heavy (non-hydrogen) atoms. The average Bonchev–Trinajstić information content (AvgIpc) is 2.70. The molecule has 0 bridgehead atoms. The third-order valence-corrected chi connectivity index (χ3v) is 2.76. The Kier molecular flexibility index (Phi) is 2.09. The number of aromatic carboxylic acids is 1. The molecule has 5 heteroatoms. The van der Waals surface area contributed by atoms with Crippen molar-refractivity contribution in [1.82, 2.24) is 5.16 Å². The van der Waals surface area contributed by atoms with Crippen LogP contribution in [0.3, 0.4) is 0 Å². The third-order valence-electron chi connectivity index (χ3n) is 1.76. The molecule has 0 aliphatic rings. The zero-order chi connectivity index (χ0) is 10.1. The molecular formula is C9H7NO3S. The van der Waals surface area contributed by atoms with E-state index >= 15 is 0 Å². The fourth-order valence-electron chi connectivity index (χ4n) is 1.13.